The number of aliphatic hydroxyl groups excluding tert-OH is 1. The molecule has 0 bridgehead atoms. The first-order valence-electron chi connectivity index (χ1n) is 6.36. The van der Waals surface area contributed by atoms with Crippen LogP contribution in [0.25, 0.3) is 0 Å². The largest absolute Gasteiger partial charge is 0.496 e. The number of aliphatic hydroxyl groups is 1. The summed E-state index contributed by atoms with van der Waals surface area (Å²) in [6.07, 6.45) is -1.06. The molecule has 0 radical (unpaired) electrons. The van der Waals surface area contributed by atoms with Crippen LogP contribution >= 0.6 is 11.6 Å². The Labute approximate surface area is 119 Å². The number of rotatable bonds is 8. The van der Waals surface area contributed by atoms with Gasteiger partial charge >= 0.3 is 0 Å². The van der Waals surface area contributed by atoms with E-state index in [0.29, 0.717) is 30.4 Å². The van der Waals surface area contributed by atoms with Crippen LogP contribution in [0.4, 0.5) is 0 Å². The van der Waals surface area contributed by atoms with Gasteiger partial charge in [0.05, 0.1) is 7.11 Å². The van der Waals surface area contributed by atoms with Crippen LogP contribution < -0.4 is 4.74 Å². The molecule has 0 saturated carbocycles. The van der Waals surface area contributed by atoms with E-state index in [9.17, 15) is 5.11 Å². The van der Waals surface area contributed by atoms with Crippen molar-refractivity contribution in [3.8, 4) is 5.75 Å². The number of hydrogen-bond donors (Lipinski definition) is 1. The van der Waals surface area contributed by atoms with Gasteiger partial charge in [-0.1, -0.05) is 11.6 Å². The molecule has 1 unspecified atom stereocenters. The maximum atomic E-state index is 10.2. The predicted octanol–water partition coefficient (Wildman–Crippen LogP) is 2.65. The van der Waals surface area contributed by atoms with E-state index >= 15 is 0 Å². The van der Waals surface area contributed by atoms with E-state index < -0.39 is 12.4 Å². The van der Waals surface area contributed by atoms with Gasteiger partial charge in [0.15, 0.2) is 6.29 Å². The van der Waals surface area contributed by atoms with Gasteiger partial charge in [-0.2, -0.15) is 0 Å². The molecule has 0 fully saturated rings. The monoisotopic (exact) mass is 288 g/mol. The molecule has 0 amide bonds. The summed E-state index contributed by atoms with van der Waals surface area (Å²) < 4.78 is 16.0. The fraction of sp³-hybridized carbons (Fsp3) is 0.571. The van der Waals surface area contributed by atoms with Crippen LogP contribution in [0.5, 0.6) is 5.75 Å². The van der Waals surface area contributed by atoms with Gasteiger partial charge in [-0.25, -0.2) is 0 Å². The third kappa shape index (κ3) is 4.99. The molecule has 1 aromatic carbocycles. The fourth-order valence-corrected chi connectivity index (χ4v) is 2.02. The minimum atomic E-state index is -0.771. The van der Waals surface area contributed by atoms with E-state index in [1.165, 1.54) is 0 Å². The van der Waals surface area contributed by atoms with Crippen LogP contribution in [0.1, 0.15) is 19.4 Å². The third-order valence-corrected chi connectivity index (χ3v) is 2.88. The highest BCUT2D eigenvalue weighted by Crippen LogP contribution is 2.24. The molecule has 108 valence electrons. The zero-order chi connectivity index (χ0) is 14.3. The van der Waals surface area contributed by atoms with Crippen molar-refractivity contribution >= 4 is 11.6 Å². The molecular formula is C14H21ClO4. The zero-order valence-corrected chi connectivity index (χ0v) is 12.3. The van der Waals surface area contributed by atoms with Gasteiger partial charge in [-0.15, -0.1) is 0 Å². The van der Waals surface area contributed by atoms with E-state index in [-0.39, 0.29) is 0 Å². The molecule has 0 saturated heterocycles. The van der Waals surface area contributed by atoms with E-state index in [0.717, 1.165) is 5.56 Å². The van der Waals surface area contributed by atoms with Crippen molar-refractivity contribution in [1.82, 2.24) is 0 Å². The number of halogens is 1. The molecule has 0 aromatic heterocycles. The lowest BCUT2D eigenvalue weighted by Crippen LogP contribution is -2.33. The molecule has 1 N–H and O–H groups in total. The molecule has 0 heterocycles. The van der Waals surface area contributed by atoms with Crippen molar-refractivity contribution in [2.75, 3.05) is 20.3 Å². The lowest BCUT2D eigenvalue weighted by Gasteiger charge is -2.23. The maximum absolute atomic E-state index is 10.2. The standard InChI is InChI=1S/C14H21ClO4/c1-4-18-14(19-5-2)12(16)9-10-8-11(15)6-7-13(10)17-3/h6-8,12,14,16H,4-5,9H2,1-3H3. The summed E-state index contributed by atoms with van der Waals surface area (Å²) in [6.45, 7) is 4.68. The van der Waals surface area contributed by atoms with Gasteiger partial charge in [-0.3, -0.25) is 0 Å². The number of hydrogen-bond acceptors (Lipinski definition) is 4. The zero-order valence-electron chi connectivity index (χ0n) is 11.6. The Morgan fingerprint density at radius 2 is 1.84 bits per heavy atom. The fourth-order valence-electron chi connectivity index (χ4n) is 1.83. The molecule has 0 aliphatic carbocycles. The van der Waals surface area contributed by atoms with Gasteiger partial charge in [0.1, 0.15) is 11.9 Å². The molecular weight excluding hydrogens is 268 g/mol. The normalized spacial score (nSPS) is 12.7. The summed E-state index contributed by atoms with van der Waals surface area (Å²) in [5.74, 6) is 0.690. The molecule has 0 spiro atoms. The lowest BCUT2D eigenvalue weighted by molar-refractivity contribution is -0.188. The van der Waals surface area contributed by atoms with Crippen molar-refractivity contribution in [3.05, 3.63) is 28.8 Å². The molecule has 4 nitrogen and oxygen atoms in total. The second-order valence-electron chi connectivity index (χ2n) is 4.01. The Balaban J connectivity index is 2.78. The summed E-state index contributed by atoms with van der Waals surface area (Å²) in [6, 6.07) is 5.30. The predicted molar refractivity (Wildman–Crippen MR) is 74.8 cm³/mol. The summed E-state index contributed by atoms with van der Waals surface area (Å²) >= 11 is 5.96. The van der Waals surface area contributed by atoms with E-state index in [4.69, 9.17) is 25.8 Å². The van der Waals surface area contributed by atoms with E-state index in [1.54, 1.807) is 25.3 Å². The van der Waals surface area contributed by atoms with Gasteiger partial charge in [-0.05, 0) is 37.6 Å². The van der Waals surface area contributed by atoms with Gasteiger partial charge < -0.3 is 19.3 Å². The average Bonchev–Trinajstić information content (AvgIpc) is 2.38. The molecule has 0 aliphatic rings. The van der Waals surface area contributed by atoms with Crippen molar-refractivity contribution in [1.29, 1.82) is 0 Å². The number of methoxy groups -OCH3 is 1. The van der Waals surface area contributed by atoms with Gasteiger partial charge in [0.25, 0.3) is 0 Å². The molecule has 1 atom stereocenters. The molecule has 0 aliphatic heterocycles. The molecule has 1 aromatic rings. The molecule has 5 heteroatoms. The molecule has 19 heavy (non-hydrogen) atoms. The summed E-state index contributed by atoms with van der Waals surface area (Å²) in [5.41, 5.74) is 0.826. The van der Waals surface area contributed by atoms with Crippen LogP contribution in [0.2, 0.25) is 5.02 Å². The number of benzene rings is 1. The second kappa shape index (κ2) is 8.38. The van der Waals surface area contributed by atoms with Crippen molar-refractivity contribution in [3.63, 3.8) is 0 Å². The molecule has 1 rings (SSSR count). The van der Waals surface area contributed by atoms with Crippen molar-refractivity contribution < 1.29 is 19.3 Å². The van der Waals surface area contributed by atoms with Crippen LogP contribution in [0.3, 0.4) is 0 Å². The Bertz CT molecular complexity index is 378. The Morgan fingerprint density at radius 3 is 2.37 bits per heavy atom. The lowest BCUT2D eigenvalue weighted by atomic mass is 10.1. The van der Waals surface area contributed by atoms with Gasteiger partial charge in [0.2, 0.25) is 0 Å². The highest BCUT2D eigenvalue weighted by atomic mass is 35.5. The highest BCUT2D eigenvalue weighted by Gasteiger charge is 2.21. The van der Waals surface area contributed by atoms with Crippen LogP contribution in [-0.4, -0.2) is 37.8 Å². The first-order valence-corrected chi connectivity index (χ1v) is 6.73. The topological polar surface area (TPSA) is 47.9 Å². The minimum Gasteiger partial charge on any atom is -0.496 e. The Morgan fingerprint density at radius 1 is 1.21 bits per heavy atom. The Hall–Kier alpha value is -0.810. The van der Waals surface area contributed by atoms with Gasteiger partial charge in [0, 0.05) is 24.7 Å². The third-order valence-electron chi connectivity index (χ3n) is 2.65. The summed E-state index contributed by atoms with van der Waals surface area (Å²) in [5, 5.41) is 10.8. The second-order valence-corrected chi connectivity index (χ2v) is 4.44. The van der Waals surface area contributed by atoms with E-state index in [1.807, 2.05) is 13.8 Å². The van der Waals surface area contributed by atoms with Crippen LogP contribution in [0, 0.1) is 0 Å². The maximum Gasteiger partial charge on any atom is 0.183 e. The van der Waals surface area contributed by atoms with E-state index in [2.05, 4.69) is 0 Å². The van der Waals surface area contributed by atoms with Crippen molar-refractivity contribution in [2.24, 2.45) is 0 Å². The first-order chi connectivity index (χ1) is 9.12. The van der Waals surface area contributed by atoms with Crippen LogP contribution in [0.15, 0.2) is 18.2 Å². The highest BCUT2D eigenvalue weighted by molar-refractivity contribution is 6.30. The average molecular weight is 289 g/mol. The SMILES string of the molecule is CCOC(OCC)C(O)Cc1cc(Cl)ccc1OC. The van der Waals surface area contributed by atoms with Crippen molar-refractivity contribution in [2.45, 2.75) is 32.7 Å². The number of ether oxygens (including phenoxy) is 3. The van der Waals surface area contributed by atoms with Crippen LogP contribution in [-0.2, 0) is 15.9 Å². The quantitative estimate of drug-likeness (QED) is 0.747. The first kappa shape index (κ1) is 16.2. The summed E-state index contributed by atoms with van der Waals surface area (Å²) in [7, 11) is 1.59. The summed E-state index contributed by atoms with van der Waals surface area (Å²) in [4.78, 5) is 0. The minimum absolute atomic E-state index is 0.356. The smallest absolute Gasteiger partial charge is 0.183 e. The Kier molecular flexibility index (Phi) is 7.16.